The third kappa shape index (κ3) is 3.79. The molecule has 0 heterocycles. The van der Waals surface area contributed by atoms with Crippen molar-refractivity contribution in [3.05, 3.63) is 35.9 Å². The predicted molar refractivity (Wildman–Crippen MR) is 65.8 cm³/mol. The molecule has 2 atom stereocenters. The standard InChI is InChI=1S/C14H18O3/c1-3-13(16)14(17)12(9-10(2)15)11-7-5-4-6-8-11/h4-8,12-13,16H,3,9H2,1-2H3. The van der Waals surface area contributed by atoms with Crippen molar-refractivity contribution in [2.24, 2.45) is 0 Å². The van der Waals surface area contributed by atoms with Crippen LogP contribution in [0.15, 0.2) is 30.3 Å². The molecule has 17 heavy (non-hydrogen) atoms. The molecule has 1 aromatic carbocycles. The number of benzene rings is 1. The lowest BCUT2D eigenvalue weighted by Gasteiger charge is -2.17. The van der Waals surface area contributed by atoms with Crippen LogP contribution in [0.25, 0.3) is 0 Å². The molecule has 0 saturated heterocycles. The van der Waals surface area contributed by atoms with Crippen LogP contribution < -0.4 is 0 Å². The Balaban J connectivity index is 2.96. The largest absolute Gasteiger partial charge is 0.385 e. The summed E-state index contributed by atoms with van der Waals surface area (Å²) in [6, 6.07) is 9.14. The maximum Gasteiger partial charge on any atom is 0.169 e. The smallest absolute Gasteiger partial charge is 0.169 e. The lowest BCUT2D eigenvalue weighted by atomic mass is 9.87. The van der Waals surface area contributed by atoms with Gasteiger partial charge in [0.1, 0.15) is 11.9 Å². The van der Waals surface area contributed by atoms with E-state index in [1.165, 1.54) is 6.92 Å². The van der Waals surface area contributed by atoms with Gasteiger partial charge >= 0.3 is 0 Å². The molecule has 0 aliphatic rings. The highest BCUT2D eigenvalue weighted by atomic mass is 16.3. The molecular formula is C14H18O3. The van der Waals surface area contributed by atoms with Crippen LogP contribution in [0, 0.1) is 0 Å². The van der Waals surface area contributed by atoms with Crippen LogP contribution in [0.5, 0.6) is 0 Å². The van der Waals surface area contributed by atoms with Crippen molar-refractivity contribution in [2.45, 2.75) is 38.7 Å². The van der Waals surface area contributed by atoms with Gasteiger partial charge in [0.05, 0.1) is 5.92 Å². The highest BCUT2D eigenvalue weighted by Crippen LogP contribution is 2.23. The van der Waals surface area contributed by atoms with E-state index >= 15 is 0 Å². The fourth-order valence-electron chi connectivity index (χ4n) is 1.79. The Morgan fingerprint density at radius 3 is 2.29 bits per heavy atom. The molecule has 1 rings (SSSR count). The summed E-state index contributed by atoms with van der Waals surface area (Å²) in [4.78, 5) is 23.2. The monoisotopic (exact) mass is 234 g/mol. The molecule has 0 saturated carbocycles. The maximum atomic E-state index is 12.0. The van der Waals surface area contributed by atoms with Crippen LogP contribution in [0.1, 0.15) is 38.2 Å². The quantitative estimate of drug-likeness (QED) is 0.820. The van der Waals surface area contributed by atoms with E-state index in [0.717, 1.165) is 5.56 Å². The lowest BCUT2D eigenvalue weighted by molar-refractivity contribution is -0.131. The summed E-state index contributed by atoms with van der Waals surface area (Å²) in [5, 5.41) is 9.61. The van der Waals surface area contributed by atoms with Crippen molar-refractivity contribution < 1.29 is 14.7 Å². The molecule has 3 heteroatoms. The van der Waals surface area contributed by atoms with Crippen LogP contribution in [-0.4, -0.2) is 22.8 Å². The molecule has 1 aromatic rings. The molecule has 0 radical (unpaired) electrons. The number of hydrogen-bond donors (Lipinski definition) is 1. The molecule has 2 unspecified atom stereocenters. The Morgan fingerprint density at radius 1 is 1.24 bits per heavy atom. The third-order valence-corrected chi connectivity index (χ3v) is 2.75. The number of carbonyl (C=O) groups is 2. The second-order valence-electron chi connectivity index (χ2n) is 4.20. The summed E-state index contributed by atoms with van der Waals surface area (Å²) in [7, 11) is 0. The second-order valence-corrected chi connectivity index (χ2v) is 4.20. The SMILES string of the molecule is CCC(O)C(=O)C(CC(C)=O)c1ccccc1. The van der Waals surface area contributed by atoms with Gasteiger partial charge in [-0.05, 0) is 18.9 Å². The van der Waals surface area contributed by atoms with E-state index in [9.17, 15) is 14.7 Å². The summed E-state index contributed by atoms with van der Waals surface area (Å²) < 4.78 is 0. The van der Waals surface area contributed by atoms with Gasteiger partial charge in [-0.1, -0.05) is 37.3 Å². The van der Waals surface area contributed by atoms with Gasteiger partial charge in [0.2, 0.25) is 0 Å². The van der Waals surface area contributed by atoms with Crippen molar-refractivity contribution in [3.63, 3.8) is 0 Å². The minimum atomic E-state index is -0.987. The summed E-state index contributed by atoms with van der Waals surface area (Å²) in [5.41, 5.74) is 0.792. The van der Waals surface area contributed by atoms with E-state index in [0.29, 0.717) is 6.42 Å². The number of rotatable bonds is 6. The van der Waals surface area contributed by atoms with Crippen molar-refractivity contribution in [1.29, 1.82) is 0 Å². The van der Waals surface area contributed by atoms with Gasteiger partial charge in [-0.3, -0.25) is 9.59 Å². The van der Waals surface area contributed by atoms with Crippen LogP contribution >= 0.6 is 0 Å². The van der Waals surface area contributed by atoms with Gasteiger partial charge < -0.3 is 5.11 Å². The summed E-state index contributed by atoms with van der Waals surface area (Å²) in [6.45, 7) is 3.21. The molecule has 0 fully saturated rings. The van der Waals surface area contributed by atoms with Gasteiger partial charge in [0.25, 0.3) is 0 Å². The van der Waals surface area contributed by atoms with Gasteiger partial charge in [0.15, 0.2) is 5.78 Å². The average Bonchev–Trinajstić information content (AvgIpc) is 2.35. The van der Waals surface area contributed by atoms with Crippen LogP contribution in [0.4, 0.5) is 0 Å². The minimum Gasteiger partial charge on any atom is -0.385 e. The number of ketones is 2. The summed E-state index contributed by atoms with van der Waals surface area (Å²) >= 11 is 0. The number of carbonyl (C=O) groups excluding carboxylic acids is 2. The number of hydrogen-bond acceptors (Lipinski definition) is 3. The maximum absolute atomic E-state index is 12.0. The van der Waals surface area contributed by atoms with Crippen molar-refractivity contribution in [3.8, 4) is 0 Å². The van der Waals surface area contributed by atoms with Crippen LogP contribution in [0.2, 0.25) is 0 Å². The zero-order valence-corrected chi connectivity index (χ0v) is 10.2. The zero-order chi connectivity index (χ0) is 12.8. The molecule has 0 amide bonds. The fourth-order valence-corrected chi connectivity index (χ4v) is 1.79. The highest BCUT2D eigenvalue weighted by molar-refractivity contribution is 5.93. The topological polar surface area (TPSA) is 54.4 Å². The lowest BCUT2D eigenvalue weighted by Crippen LogP contribution is -2.27. The van der Waals surface area contributed by atoms with Gasteiger partial charge in [-0.25, -0.2) is 0 Å². The number of Topliss-reactive ketones (excluding diaryl/α,β-unsaturated/α-hetero) is 2. The molecule has 0 bridgehead atoms. The number of aliphatic hydroxyl groups is 1. The van der Waals surface area contributed by atoms with E-state index in [-0.39, 0.29) is 18.0 Å². The Hall–Kier alpha value is -1.48. The predicted octanol–water partition coefficient (Wildman–Crippen LogP) is 2.09. The minimum absolute atomic E-state index is 0.0458. The molecule has 92 valence electrons. The molecule has 3 nitrogen and oxygen atoms in total. The van der Waals surface area contributed by atoms with E-state index in [1.807, 2.05) is 30.3 Å². The first-order valence-electron chi connectivity index (χ1n) is 5.82. The van der Waals surface area contributed by atoms with E-state index in [2.05, 4.69) is 0 Å². The van der Waals surface area contributed by atoms with E-state index in [4.69, 9.17) is 0 Å². The first-order valence-corrected chi connectivity index (χ1v) is 5.82. The molecule has 0 aliphatic carbocycles. The Labute approximate surface area is 101 Å². The normalized spacial score (nSPS) is 14.1. The van der Waals surface area contributed by atoms with Gasteiger partial charge in [-0.2, -0.15) is 0 Å². The molecular weight excluding hydrogens is 216 g/mol. The van der Waals surface area contributed by atoms with Crippen LogP contribution in [0.3, 0.4) is 0 Å². The summed E-state index contributed by atoms with van der Waals surface area (Å²) in [5.74, 6) is -0.840. The van der Waals surface area contributed by atoms with Crippen molar-refractivity contribution in [1.82, 2.24) is 0 Å². The van der Waals surface area contributed by atoms with Crippen LogP contribution in [-0.2, 0) is 9.59 Å². The highest BCUT2D eigenvalue weighted by Gasteiger charge is 2.26. The summed E-state index contributed by atoms with van der Waals surface area (Å²) in [6.07, 6.45) is -0.459. The average molecular weight is 234 g/mol. The van der Waals surface area contributed by atoms with Gasteiger partial charge in [-0.15, -0.1) is 0 Å². The Bertz CT molecular complexity index is 384. The third-order valence-electron chi connectivity index (χ3n) is 2.75. The fraction of sp³-hybridized carbons (Fsp3) is 0.429. The van der Waals surface area contributed by atoms with E-state index in [1.54, 1.807) is 6.92 Å². The molecule has 0 aliphatic heterocycles. The van der Waals surface area contributed by atoms with Gasteiger partial charge in [0, 0.05) is 6.42 Å². The van der Waals surface area contributed by atoms with E-state index < -0.39 is 12.0 Å². The number of aliphatic hydroxyl groups excluding tert-OH is 1. The van der Waals surface area contributed by atoms with Crippen molar-refractivity contribution in [2.75, 3.05) is 0 Å². The first-order chi connectivity index (χ1) is 8.06. The zero-order valence-electron chi connectivity index (χ0n) is 10.2. The first kappa shape index (κ1) is 13.6. The molecule has 0 aromatic heterocycles. The Kier molecular flexibility index (Phi) is 5.04. The Morgan fingerprint density at radius 2 is 1.82 bits per heavy atom. The molecule has 1 N–H and O–H groups in total. The molecule has 0 spiro atoms. The van der Waals surface area contributed by atoms with Crippen molar-refractivity contribution >= 4 is 11.6 Å². The second kappa shape index (κ2) is 6.30.